The average Bonchev–Trinajstić information content (AvgIpc) is 3.06. The van der Waals surface area contributed by atoms with Gasteiger partial charge in [0.15, 0.2) is 11.5 Å². The number of benzene rings is 1. The average molecular weight is 304 g/mol. The summed E-state index contributed by atoms with van der Waals surface area (Å²) in [5.41, 5.74) is 0.872. The van der Waals surface area contributed by atoms with Crippen molar-refractivity contribution in [2.24, 2.45) is 0 Å². The fourth-order valence-electron chi connectivity index (χ4n) is 1.95. The minimum absolute atomic E-state index is 0.0376. The maximum atomic E-state index is 11.7. The Morgan fingerprint density at radius 2 is 2.00 bits per heavy atom. The van der Waals surface area contributed by atoms with E-state index in [1.54, 1.807) is 26.5 Å². The Hall–Kier alpha value is -2.63. The number of furan rings is 1. The van der Waals surface area contributed by atoms with Gasteiger partial charge in [-0.1, -0.05) is 0 Å². The molecule has 0 spiro atoms. The quantitative estimate of drug-likeness (QED) is 0.783. The molecule has 0 aliphatic heterocycles. The van der Waals surface area contributed by atoms with Crippen LogP contribution in [0.4, 0.5) is 5.69 Å². The van der Waals surface area contributed by atoms with E-state index in [4.69, 9.17) is 13.9 Å². The SMILES string of the molecule is COc1ccc(NCCC(=O)NCc2ccco2)cc1OC. The second-order valence-electron chi connectivity index (χ2n) is 4.60. The van der Waals surface area contributed by atoms with E-state index in [2.05, 4.69) is 10.6 Å². The molecule has 6 heteroatoms. The van der Waals surface area contributed by atoms with Gasteiger partial charge in [0.25, 0.3) is 0 Å². The zero-order valence-electron chi connectivity index (χ0n) is 12.7. The number of carbonyl (C=O) groups excluding carboxylic acids is 1. The first-order chi connectivity index (χ1) is 10.7. The van der Waals surface area contributed by atoms with Crippen molar-refractivity contribution in [3.05, 3.63) is 42.4 Å². The molecule has 0 atom stereocenters. The highest BCUT2D eigenvalue weighted by atomic mass is 16.5. The summed E-state index contributed by atoms with van der Waals surface area (Å²) in [5, 5.41) is 5.97. The van der Waals surface area contributed by atoms with Gasteiger partial charge >= 0.3 is 0 Å². The lowest BCUT2D eigenvalue weighted by molar-refractivity contribution is -0.121. The molecular weight excluding hydrogens is 284 g/mol. The largest absolute Gasteiger partial charge is 0.493 e. The fourth-order valence-corrected chi connectivity index (χ4v) is 1.95. The summed E-state index contributed by atoms with van der Waals surface area (Å²) in [5.74, 6) is 2.02. The normalized spacial score (nSPS) is 10.1. The lowest BCUT2D eigenvalue weighted by Crippen LogP contribution is -2.24. The predicted octanol–water partition coefficient (Wildman–Crippen LogP) is 2.42. The lowest BCUT2D eigenvalue weighted by Gasteiger charge is -2.11. The summed E-state index contributed by atoms with van der Waals surface area (Å²) in [7, 11) is 3.18. The predicted molar refractivity (Wildman–Crippen MR) is 83.2 cm³/mol. The molecular formula is C16H20N2O4. The minimum atomic E-state index is -0.0376. The van der Waals surface area contributed by atoms with Gasteiger partial charge in [0.1, 0.15) is 5.76 Å². The molecule has 0 bridgehead atoms. The summed E-state index contributed by atoms with van der Waals surface area (Å²) in [4.78, 5) is 11.7. The third-order valence-electron chi connectivity index (χ3n) is 3.10. The molecule has 0 saturated heterocycles. The van der Waals surface area contributed by atoms with E-state index in [1.807, 2.05) is 24.3 Å². The van der Waals surface area contributed by atoms with Crippen molar-refractivity contribution in [2.45, 2.75) is 13.0 Å². The van der Waals surface area contributed by atoms with Crippen molar-refractivity contribution in [2.75, 3.05) is 26.1 Å². The molecule has 2 aromatic rings. The van der Waals surface area contributed by atoms with Crippen LogP contribution in [0.3, 0.4) is 0 Å². The molecule has 0 aliphatic carbocycles. The molecule has 0 aliphatic rings. The molecule has 0 saturated carbocycles. The maximum absolute atomic E-state index is 11.7. The van der Waals surface area contributed by atoms with E-state index >= 15 is 0 Å². The third kappa shape index (κ3) is 4.44. The summed E-state index contributed by atoms with van der Waals surface area (Å²) in [6, 6.07) is 9.14. The number of ether oxygens (including phenoxy) is 2. The third-order valence-corrected chi connectivity index (χ3v) is 3.10. The maximum Gasteiger partial charge on any atom is 0.222 e. The van der Waals surface area contributed by atoms with Gasteiger partial charge in [0.05, 0.1) is 27.0 Å². The fraction of sp³-hybridized carbons (Fsp3) is 0.312. The molecule has 22 heavy (non-hydrogen) atoms. The van der Waals surface area contributed by atoms with Crippen LogP contribution in [0.15, 0.2) is 41.0 Å². The van der Waals surface area contributed by atoms with Crippen LogP contribution in [0.5, 0.6) is 11.5 Å². The molecule has 2 rings (SSSR count). The van der Waals surface area contributed by atoms with Crippen molar-refractivity contribution in [3.63, 3.8) is 0 Å². The summed E-state index contributed by atoms with van der Waals surface area (Å²) < 4.78 is 15.6. The number of amides is 1. The molecule has 0 radical (unpaired) electrons. The van der Waals surface area contributed by atoms with Gasteiger partial charge in [-0.15, -0.1) is 0 Å². The van der Waals surface area contributed by atoms with Gasteiger partial charge < -0.3 is 24.5 Å². The van der Waals surface area contributed by atoms with Crippen molar-refractivity contribution < 1.29 is 18.7 Å². The van der Waals surface area contributed by atoms with Gasteiger partial charge in [-0.25, -0.2) is 0 Å². The van der Waals surface area contributed by atoms with E-state index in [1.165, 1.54) is 0 Å². The first kappa shape index (κ1) is 15.8. The van der Waals surface area contributed by atoms with Gasteiger partial charge in [-0.05, 0) is 24.3 Å². The Morgan fingerprint density at radius 3 is 2.68 bits per heavy atom. The highest BCUT2D eigenvalue weighted by Crippen LogP contribution is 2.29. The zero-order valence-corrected chi connectivity index (χ0v) is 12.7. The Kier molecular flexibility index (Phi) is 5.71. The van der Waals surface area contributed by atoms with Crippen molar-refractivity contribution in [1.29, 1.82) is 0 Å². The lowest BCUT2D eigenvalue weighted by atomic mass is 10.2. The van der Waals surface area contributed by atoms with E-state index < -0.39 is 0 Å². The van der Waals surface area contributed by atoms with Crippen LogP contribution in [0.2, 0.25) is 0 Å². The van der Waals surface area contributed by atoms with Gasteiger partial charge in [-0.3, -0.25) is 4.79 Å². The van der Waals surface area contributed by atoms with Crippen LogP contribution in [0, 0.1) is 0 Å². The molecule has 0 fully saturated rings. The molecule has 1 aromatic heterocycles. The number of hydrogen-bond donors (Lipinski definition) is 2. The molecule has 118 valence electrons. The minimum Gasteiger partial charge on any atom is -0.493 e. The smallest absolute Gasteiger partial charge is 0.222 e. The molecule has 2 N–H and O–H groups in total. The number of rotatable bonds is 8. The Bertz CT molecular complexity index is 596. The van der Waals surface area contributed by atoms with Gasteiger partial charge in [0, 0.05) is 24.7 Å². The molecule has 6 nitrogen and oxygen atoms in total. The Labute approximate surface area is 129 Å². The number of hydrogen-bond acceptors (Lipinski definition) is 5. The molecule has 1 heterocycles. The second kappa shape index (κ2) is 7.97. The molecule has 0 unspecified atom stereocenters. The number of nitrogens with one attached hydrogen (secondary N) is 2. The Balaban J connectivity index is 1.74. The summed E-state index contributed by atoms with van der Waals surface area (Å²) in [6.45, 7) is 0.932. The van der Waals surface area contributed by atoms with Gasteiger partial charge in [0.2, 0.25) is 5.91 Å². The van der Waals surface area contributed by atoms with Crippen LogP contribution >= 0.6 is 0 Å². The van der Waals surface area contributed by atoms with Crippen molar-refractivity contribution in [3.8, 4) is 11.5 Å². The van der Waals surface area contributed by atoms with Crippen LogP contribution < -0.4 is 20.1 Å². The highest BCUT2D eigenvalue weighted by Gasteiger charge is 2.06. The number of anilines is 1. The topological polar surface area (TPSA) is 72.7 Å². The first-order valence-electron chi connectivity index (χ1n) is 6.98. The van der Waals surface area contributed by atoms with E-state index in [0.717, 1.165) is 11.4 Å². The van der Waals surface area contributed by atoms with Crippen LogP contribution in [0.25, 0.3) is 0 Å². The van der Waals surface area contributed by atoms with Gasteiger partial charge in [-0.2, -0.15) is 0 Å². The second-order valence-corrected chi connectivity index (χ2v) is 4.60. The van der Waals surface area contributed by atoms with E-state index in [9.17, 15) is 4.79 Å². The number of carbonyl (C=O) groups is 1. The highest BCUT2D eigenvalue weighted by molar-refractivity contribution is 5.76. The standard InChI is InChI=1S/C16H20N2O4/c1-20-14-6-5-12(10-15(14)21-2)17-8-7-16(19)18-11-13-4-3-9-22-13/h3-6,9-10,17H,7-8,11H2,1-2H3,(H,18,19). The van der Waals surface area contributed by atoms with E-state index in [0.29, 0.717) is 31.0 Å². The van der Waals surface area contributed by atoms with Crippen LogP contribution in [0.1, 0.15) is 12.2 Å². The molecule has 1 amide bonds. The summed E-state index contributed by atoms with van der Waals surface area (Å²) in [6.07, 6.45) is 1.95. The van der Waals surface area contributed by atoms with Crippen LogP contribution in [-0.4, -0.2) is 26.7 Å². The first-order valence-corrected chi connectivity index (χ1v) is 6.98. The van der Waals surface area contributed by atoms with Crippen LogP contribution in [-0.2, 0) is 11.3 Å². The molecule has 1 aromatic carbocycles. The number of methoxy groups -OCH3 is 2. The van der Waals surface area contributed by atoms with Crippen molar-refractivity contribution in [1.82, 2.24) is 5.32 Å². The summed E-state index contributed by atoms with van der Waals surface area (Å²) >= 11 is 0. The van der Waals surface area contributed by atoms with E-state index in [-0.39, 0.29) is 5.91 Å². The zero-order chi connectivity index (χ0) is 15.8. The Morgan fingerprint density at radius 1 is 1.18 bits per heavy atom. The van der Waals surface area contributed by atoms with Crippen molar-refractivity contribution >= 4 is 11.6 Å². The monoisotopic (exact) mass is 304 g/mol.